The van der Waals surface area contributed by atoms with Gasteiger partial charge in [-0.1, -0.05) is 63.0 Å². The molecule has 1 heterocycles. The Hall–Kier alpha value is -2.48. The Morgan fingerprint density at radius 1 is 1.17 bits per heavy atom. The highest BCUT2D eigenvalue weighted by Crippen LogP contribution is 2.39. The molecule has 4 nitrogen and oxygen atoms in total. The third-order valence-corrected chi connectivity index (χ3v) is 7.06. The van der Waals surface area contributed by atoms with Gasteiger partial charge in [-0.05, 0) is 72.4 Å². The van der Waals surface area contributed by atoms with Crippen molar-refractivity contribution >= 4 is 33.4 Å². The van der Waals surface area contributed by atoms with Gasteiger partial charge in [-0.15, -0.1) is 0 Å². The van der Waals surface area contributed by atoms with E-state index in [2.05, 4.69) is 26.0 Å². The van der Waals surface area contributed by atoms with Crippen molar-refractivity contribution in [1.29, 1.82) is 0 Å². The van der Waals surface area contributed by atoms with Crippen LogP contribution in [0.2, 0.25) is 5.02 Å². The van der Waals surface area contributed by atoms with Gasteiger partial charge in [-0.3, -0.25) is 4.90 Å². The fourth-order valence-electron chi connectivity index (χ4n) is 4.95. The summed E-state index contributed by atoms with van der Waals surface area (Å²) >= 11 is 9.40. The topological polar surface area (TPSA) is 61.8 Å². The molecule has 0 bridgehead atoms. The van der Waals surface area contributed by atoms with Crippen LogP contribution in [0.3, 0.4) is 0 Å². The van der Waals surface area contributed by atoms with E-state index in [0.29, 0.717) is 40.1 Å². The van der Waals surface area contributed by atoms with E-state index in [1.807, 2.05) is 42.5 Å². The molecular weight excluding hydrogens is 536 g/mol. The third kappa shape index (κ3) is 6.40. The van der Waals surface area contributed by atoms with Crippen molar-refractivity contribution in [1.82, 2.24) is 4.90 Å². The lowest BCUT2D eigenvalue weighted by molar-refractivity contribution is 0.0238. The maximum absolute atomic E-state index is 15.5. The van der Waals surface area contributed by atoms with Gasteiger partial charge in [0.15, 0.2) is 5.84 Å². The maximum atomic E-state index is 15.5. The van der Waals surface area contributed by atoms with Crippen molar-refractivity contribution < 1.29 is 14.0 Å². The normalized spacial score (nSPS) is 17.6. The van der Waals surface area contributed by atoms with E-state index >= 15 is 4.39 Å². The van der Waals surface area contributed by atoms with Crippen molar-refractivity contribution in [2.75, 3.05) is 13.1 Å². The highest BCUT2D eigenvalue weighted by atomic mass is 79.9. The van der Waals surface area contributed by atoms with E-state index in [1.54, 1.807) is 19.1 Å². The minimum atomic E-state index is -1.45. The van der Waals surface area contributed by atoms with Gasteiger partial charge < -0.3 is 10.9 Å². The lowest BCUT2D eigenvalue weighted by atomic mass is 9.82. The summed E-state index contributed by atoms with van der Waals surface area (Å²) in [6.07, 6.45) is 0.539. The molecule has 0 amide bonds. The van der Waals surface area contributed by atoms with Crippen LogP contribution in [0.5, 0.6) is 0 Å². The van der Waals surface area contributed by atoms with Gasteiger partial charge in [-0.25, -0.2) is 8.78 Å². The summed E-state index contributed by atoms with van der Waals surface area (Å²) < 4.78 is 29.8. The van der Waals surface area contributed by atoms with E-state index in [1.165, 1.54) is 12.1 Å². The molecule has 2 atom stereocenters. The van der Waals surface area contributed by atoms with Gasteiger partial charge in [-0.2, -0.15) is 0 Å². The number of hydrogen-bond donors (Lipinski definition) is 2. The van der Waals surface area contributed by atoms with Gasteiger partial charge in [0.05, 0.1) is 6.04 Å². The second-order valence-corrected chi connectivity index (χ2v) is 10.8. The number of benzene rings is 3. The summed E-state index contributed by atoms with van der Waals surface area (Å²) in [5.74, 6) is -0.163. The standard InChI is InChI=1S/C27H27BrClF2N3O/c1-27(31,13-17-9-22(28)12-24(30)10-17)14-18-15-34(16-18)25(19-5-7-23(29)8-6-19)20-3-2-4-21(11-20)26(32)33-35/h2-12,18,25,35H,13-16H2,1H3,(H2,32,33). The van der Waals surface area contributed by atoms with E-state index in [-0.39, 0.29) is 30.0 Å². The van der Waals surface area contributed by atoms with Crippen LogP contribution in [0.25, 0.3) is 0 Å². The quantitative estimate of drug-likeness (QED) is 0.139. The maximum Gasteiger partial charge on any atom is 0.170 e. The van der Waals surface area contributed by atoms with Crippen LogP contribution in [-0.2, 0) is 6.42 Å². The molecule has 0 aliphatic carbocycles. The number of halogens is 4. The molecule has 35 heavy (non-hydrogen) atoms. The predicted octanol–water partition coefficient (Wildman–Crippen LogP) is 6.72. The van der Waals surface area contributed by atoms with Crippen LogP contribution in [0.4, 0.5) is 8.78 Å². The van der Waals surface area contributed by atoms with Crippen LogP contribution >= 0.6 is 27.5 Å². The monoisotopic (exact) mass is 561 g/mol. The van der Waals surface area contributed by atoms with E-state index in [4.69, 9.17) is 22.5 Å². The van der Waals surface area contributed by atoms with Crippen molar-refractivity contribution in [2.24, 2.45) is 16.8 Å². The molecule has 0 radical (unpaired) electrons. The average Bonchev–Trinajstić information content (AvgIpc) is 2.77. The highest BCUT2D eigenvalue weighted by Gasteiger charge is 2.38. The molecule has 0 saturated carbocycles. The third-order valence-electron chi connectivity index (χ3n) is 6.35. The molecule has 0 spiro atoms. The van der Waals surface area contributed by atoms with Crippen molar-refractivity contribution in [3.63, 3.8) is 0 Å². The highest BCUT2D eigenvalue weighted by molar-refractivity contribution is 9.10. The summed E-state index contributed by atoms with van der Waals surface area (Å²) in [5, 5.41) is 12.9. The number of amidine groups is 1. The summed E-state index contributed by atoms with van der Waals surface area (Å²) in [7, 11) is 0. The number of hydrogen-bond acceptors (Lipinski definition) is 3. The first-order valence-electron chi connectivity index (χ1n) is 11.3. The van der Waals surface area contributed by atoms with Gasteiger partial charge in [0.25, 0.3) is 0 Å². The summed E-state index contributed by atoms with van der Waals surface area (Å²) in [5.41, 5.74) is 7.67. The summed E-state index contributed by atoms with van der Waals surface area (Å²) in [6, 6.07) is 19.7. The molecule has 3 aromatic rings. The lowest BCUT2D eigenvalue weighted by Crippen LogP contribution is -2.50. The van der Waals surface area contributed by atoms with Gasteiger partial charge >= 0.3 is 0 Å². The fourth-order valence-corrected chi connectivity index (χ4v) is 5.59. The molecule has 1 aliphatic rings. The molecule has 2 unspecified atom stereocenters. The van der Waals surface area contributed by atoms with Gasteiger partial charge in [0.1, 0.15) is 11.5 Å². The minimum Gasteiger partial charge on any atom is -0.409 e. The number of oxime groups is 1. The first-order valence-corrected chi connectivity index (χ1v) is 12.5. The molecule has 8 heteroatoms. The van der Waals surface area contributed by atoms with E-state index in [0.717, 1.165) is 11.1 Å². The van der Waals surface area contributed by atoms with Crippen LogP contribution in [0, 0.1) is 11.7 Å². The Morgan fingerprint density at radius 2 is 1.89 bits per heavy atom. The zero-order chi connectivity index (χ0) is 25.2. The summed E-state index contributed by atoms with van der Waals surface area (Å²) in [6.45, 7) is 3.02. The van der Waals surface area contributed by atoms with Crippen LogP contribution in [0.1, 0.15) is 41.6 Å². The first-order chi connectivity index (χ1) is 16.6. The molecular formula is C27H27BrClF2N3O. The molecule has 0 aromatic heterocycles. The largest absolute Gasteiger partial charge is 0.409 e. The van der Waals surface area contributed by atoms with Crippen LogP contribution in [0.15, 0.2) is 76.4 Å². The van der Waals surface area contributed by atoms with Crippen molar-refractivity contribution in [3.8, 4) is 0 Å². The predicted molar refractivity (Wildman–Crippen MR) is 139 cm³/mol. The Bertz CT molecular complexity index is 1190. The Labute approximate surface area is 217 Å². The molecule has 1 saturated heterocycles. The Kier molecular flexibility index (Phi) is 7.79. The number of likely N-dealkylation sites (tertiary alicyclic amines) is 1. The van der Waals surface area contributed by atoms with Crippen molar-refractivity contribution in [3.05, 3.63) is 104 Å². The number of nitrogens with two attached hydrogens (primary N) is 1. The SMILES string of the molecule is CC(F)(Cc1cc(F)cc(Br)c1)CC1CN(C(c2ccc(Cl)cc2)c2cccc(C(N)=NO)c2)C1. The van der Waals surface area contributed by atoms with Crippen molar-refractivity contribution in [2.45, 2.75) is 31.5 Å². The first kappa shape index (κ1) is 25.6. The summed E-state index contributed by atoms with van der Waals surface area (Å²) in [4.78, 5) is 2.29. The minimum absolute atomic E-state index is 0.0420. The average molecular weight is 563 g/mol. The van der Waals surface area contributed by atoms with E-state index in [9.17, 15) is 4.39 Å². The molecule has 4 rings (SSSR count). The van der Waals surface area contributed by atoms with Gasteiger partial charge in [0.2, 0.25) is 0 Å². The number of nitrogens with zero attached hydrogens (tertiary/aromatic N) is 2. The molecule has 1 aliphatic heterocycles. The molecule has 3 N–H and O–H groups in total. The lowest BCUT2D eigenvalue weighted by Gasteiger charge is -2.46. The zero-order valence-electron chi connectivity index (χ0n) is 19.3. The second kappa shape index (κ2) is 10.6. The smallest absolute Gasteiger partial charge is 0.170 e. The molecule has 3 aromatic carbocycles. The number of alkyl halides is 1. The molecule has 1 fully saturated rings. The Morgan fingerprint density at radius 3 is 2.54 bits per heavy atom. The fraction of sp³-hybridized carbons (Fsp3) is 0.296. The zero-order valence-corrected chi connectivity index (χ0v) is 21.6. The number of rotatable bonds is 8. The van der Waals surface area contributed by atoms with Gasteiger partial charge in [0, 0.05) is 34.6 Å². The van der Waals surface area contributed by atoms with Crippen LogP contribution < -0.4 is 5.73 Å². The molecule has 184 valence electrons. The Balaban J connectivity index is 1.50. The second-order valence-electron chi connectivity index (χ2n) is 9.46. The van der Waals surface area contributed by atoms with E-state index < -0.39 is 5.67 Å². The van der Waals surface area contributed by atoms with Crippen LogP contribution in [-0.4, -0.2) is 34.7 Å².